The second kappa shape index (κ2) is 9.29. The lowest BCUT2D eigenvalue weighted by Gasteiger charge is -2.21. The highest BCUT2D eigenvalue weighted by atomic mass is 32.2. The van der Waals surface area contributed by atoms with Crippen LogP contribution in [0, 0.1) is 0 Å². The molecule has 1 aliphatic rings. The lowest BCUT2D eigenvalue weighted by molar-refractivity contribution is -0.137. The average molecular weight is 351 g/mol. The molecule has 1 saturated heterocycles. The van der Waals surface area contributed by atoms with Crippen molar-refractivity contribution in [3.63, 3.8) is 0 Å². The van der Waals surface area contributed by atoms with E-state index in [2.05, 4.69) is 14.2 Å². The van der Waals surface area contributed by atoms with E-state index < -0.39 is 16.5 Å². The molecule has 0 aromatic carbocycles. The summed E-state index contributed by atoms with van der Waals surface area (Å²) >= 11 is 0. The monoisotopic (exact) mass is 351 g/mol. The van der Waals surface area contributed by atoms with Crippen LogP contribution < -0.4 is 0 Å². The largest absolute Gasteiger partial charge is 0.481 e. The first-order valence-electron chi connectivity index (χ1n) is 7.86. The molecule has 0 bridgehead atoms. The predicted octanol–water partition coefficient (Wildman–Crippen LogP) is 1.90. The number of likely N-dealkylation sites (tertiary alicyclic amines) is 1. The normalized spacial score (nSPS) is 21.2. The minimum atomic E-state index is -2.40. The molecule has 1 aromatic rings. The summed E-state index contributed by atoms with van der Waals surface area (Å²) in [4.78, 5) is 16.8. The third-order valence-electron chi connectivity index (χ3n) is 3.89. The fourth-order valence-corrected chi connectivity index (χ4v) is 3.24. The molecular formula is C16H21N3O4S. The number of aromatic nitrogens is 1. The maximum Gasteiger partial charge on any atom is 0.311 e. The van der Waals surface area contributed by atoms with E-state index in [4.69, 9.17) is 5.11 Å². The Hall–Kier alpha value is -2.06. The van der Waals surface area contributed by atoms with E-state index in [0.717, 1.165) is 5.56 Å². The maximum atomic E-state index is 10.8. The standard InChI is InChI=1S/C16H21N3O4S/c20-16(21)7-3-1-2-6-15-9-14(18-24(22)23)12-19(15)11-13-5-4-8-17-10-13/h2,4-6,8,10,14-15H,1,3,7,9,11-12H2,(H,20,21)/t14-,15-/m1/s1. The molecule has 0 spiro atoms. The average Bonchev–Trinajstić information content (AvgIpc) is 2.88. The van der Waals surface area contributed by atoms with E-state index >= 15 is 0 Å². The lowest BCUT2D eigenvalue weighted by atomic mass is 10.1. The molecule has 24 heavy (non-hydrogen) atoms. The summed E-state index contributed by atoms with van der Waals surface area (Å²) in [5, 5.41) is 8.64. The Bertz CT molecular complexity index is 695. The minimum absolute atomic E-state index is 0.0901. The van der Waals surface area contributed by atoms with Gasteiger partial charge in [-0.05, 0) is 30.9 Å². The Labute approximate surface area is 142 Å². The van der Waals surface area contributed by atoms with E-state index in [1.165, 1.54) is 0 Å². The Morgan fingerprint density at radius 1 is 1.50 bits per heavy atom. The van der Waals surface area contributed by atoms with Gasteiger partial charge in [-0.2, -0.15) is 12.8 Å². The third kappa shape index (κ3) is 6.21. The van der Waals surface area contributed by atoms with Crippen LogP contribution in [-0.2, 0) is 21.8 Å². The van der Waals surface area contributed by atoms with E-state index in [-0.39, 0.29) is 18.5 Å². The summed E-state index contributed by atoms with van der Waals surface area (Å²) in [5.74, 6) is -0.792. The van der Waals surface area contributed by atoms with Crippen molar-refractivity contribution in [2.45, 2.75) is 44.3 Å². The molecule has 2 rings (SSSR count). The second-order valence-corrected chi connectivity index (χ2v) is 6.43. The van der Waals surface area contributed by atoms with Crippen LogP contribution in [-0.4, -0.2) is 48.0 Å². The molecule has 0 unspecified atom stereocenters. The van der Waals surface area contributed by atoms with Crippen LogP contribution in [0.4, 0.5) is 0 Å². The Kier molecular flexibility index (Phi) is 7.07. The van der Waals surface area contributed by atoms with Crippen LogP contribution in [0.15, 0.2) is 41.0 Å². The maximum absolute atomic E-state index is 10.8. The summed E-state index contributed by atoms with van der Waals surface area (Å²) in [6.45, 7) is 1.25. The zero-order valence-corrected chi connectivity index (χ0v) is 14.1. The number of hydrogen-bond donors (Lipinski definition) is 1. The molecule has 7 nitrogen and oxygen atoms in total. The number of carboxylic acid groups (broad SMARTS) is 1. The molecule has 1 fully saturated rings. The van der Waals surface area contributed by atoms with E-state index in [1.54, 1.807) is 12.4 Å². The number of hydrogen-bond acceptors (Lipinski definition) is 6. The van der Waals surface area contributed by atoms with Crippen LogP contribution >= 0.6 is 0 Å². The number of nitrogens with zero attached hydrogens (tertiary/aromatic N) is 3. The van der Waals surface area contributed by atoms with Gasteiger partial charge in [-0.15, -0.1) is 0 Å². The van der Waals surface area contributed by atoms with E-state index in [0.29, 0.717) is 32.4 Å². The quantitative estimate of drug-likeness (QED) is 0.567. The van der Waals surface area contributed by atoms with Crippen LogP contribution in [0.2, 0.25) is 0 Å². The summed E-state index contributed by atoms with van der Waals surface area (Å²) in [5.41, 5.74) is 1.06. The van der Waals surface area contributed by atoms with Gasteiger partial charge in [0.15, 0.2) is 0 Å². The van der Waals surface area contributed by atoms with E-state index in [9.17, 15) is 13.2 Å². The highest BCUT2D eigenvalue weighted by molar-refractivity contribution is 7.61. The van der Waals surface area contributed by atoms with Crippen molar-refractivity contribution in [1.82, 2.24) is 9.88 Å². The predicted molar refractivity (Wildman–Crippen MR) is 88.8 cm³/mol. The molecule has 1 aromatic heterocycles. The van der Waals surface area contributed by atoms with Crippen LogP contribution in [0.5, 0.6) is 0 Å². The molecule has 0 aliphatic carbocycles. The number of unbranched alkanes of at least 4 members (excludes halogenated alkanes) is 1. The number of carbonyl (C=O) groups is 1. The number of carboxylic acids is 1. The summed E-state index contributed by atoms with van der Waals surface area (Å²) in [7, 11) is -2.40. The van der Waals surface area contributed by atoms with Gasteiger partial charge in [-0.25, -0.2) is 0 Å². The summed E-state index contributed by atoms with van der Waals surface area (Å²) in [6.07, 6.45) is 9.60. The first-order valence-corrected chi connectivity index (χ1v) is 8.89. The van der Waals surface area contributed by atoms with Crippen LogP contribution in [0.1, 0.15) is 31.2 Å². The van der Waals surface area contributed by atoms with Crippen molar-refractivity contribution in [3.05, 3.63) is 42.2 Å². The SMILES string of the molecule is O=C(O)CCCC=C[C@@H]1C[C@@H](N=S(=O)=O)CN1Cc1cccnc1. The molecule has 130 valence electrons. The fourth-order valence-electron chi connectivity index (χ4n) is 2.84. The molecule has 2 atom stereocenters. The fraction of sp³-hybridized carbons (Fsp3) is 0.500. The number of rotatable bonds is 8. The molecule has 8 heteroatoms. The van der Waals surface area contributed by atoms with Gasteiger partial charge in [0.05, 0.1) is 6.04 Å². The zero-order chi connectivity index (χ0) is 17.4. The second-order valence-electron chi connectivity index (χ2n) is 5.78. The molecule has 2 heterocycles. The third-order valence-corrected chi connectivity index (χ3v) is 4.36. The molecule has 1 aliphatic heterocycles. The topological polar surface area (TPSA) is 99.9 Å². The molecule has 0 amide bonds. The smallest absolute Gasteiger partial charge is 0.311 e. The van der Waals surface area contributed by atoms with Gasteiger partial charge in [-0.3, -0.25) is 14.7 Å². The van der Waals surface area contributed by atoms with Gasteiger partial charge >= 0.3 is 16.5 Å². The highest BCUT2D eigenvalue weighted by Crippen LogP contribution is 2.24. The summed E-state index contributed by atoms with van der Waals surface area (Å²) in [6, 6.07) is 3.70. The first kappa shape index (κ1) is 18.3. The number of allylic oxidation sites excluding steroid dienone is 1. The van der Waals surface area contributed by atoms with Crippen molar-refractivity contribution in [2.24, 2.45) is 4.36 Å². The van der Waals surface area contributed by atoms with Crippen molar-refractivity contribution in [3.8, 4) is 0 Å². The van der Waals surface area contributed by atoms with Gasteiger partial charge in [0.25, 0.3) is 0 Å². The molecule has 0 saturated carbocycles. The lowest BCUT2D eigenvalue weighted by Crippen LogP contribution is -2.27. The molecule has 0 radical (unpaired) electrons. The highest BCUT2D eigenvalue weighted by Gasteiger charge is 2.30. The van der Waals surface area contributed by atoms with Crippen molar-refractivity contribution in [2.75, 3.05) is 6.54 Å². The molecule has 1 N–H and O–H groups in total. The Morgan fingerprint density at radius 3 is 3.00 bits per heavy atom. The Balaban J connectivity index is 1.99. The van der Waals surface area contributed by atoms with Gasteiger partial charge in [0.1, 0.15) is 0 Å². The van der Waals surface area contributed by atoms with Crippen molar-refractivity contribution >= 4 is 16.5 Å². The van der Waals surface area contributed by atoms with Crippen LogP contribution in [0.3, 0.4) is 0 Å². The van der Waals surface area contributed by atoms with Gasteiger partial charge in [-0.1, -0.05) is 18.2 Å². The first-order chi connectivity index (χ1) is 11.5. The molecular weight excluding hydrogens is 330 g/mol. The number of aliphatic carboxylic acids is 1. The van der Waals surface area contributed by atoms with Crippen LogP contribution in [0.25, 0.3) is 0 Å². The Morgan fingerprint density at radius 2 is 2.33 bits per heavy atom. The zero-order valence-electron chi connectivity index (χ0n) is 13.3. The number of pyridine rings is 1. The van der Waals surface area contributed by atoms with Gasteiger partial charge < -0.3 is 5.11 Å². The minimum Gasteiger partial charge on any atom is -0.481 e. The van der Waals surface area contributed by atoms with Gasteiger partial charge in [0.2, 0.25) is 0 Å². The van der Waals surface area contributed by atoms with E-state index in [1.807, 2.05) is 24.3 Å². The van der Waals surface area contributed by atoms with Gasteiger partial charge in [0, 0.05) is 37.9 Å². The summed E-state index contributed by atoms with van der Waals surface area (Å²) < 4.78 is 25.4. The van der Waals surface area contributed by atoms with Crippen molar-refractivity contribution < 1.29 is 18.3 Å². The van der Waals surface area contributed by atoms with Crippen molar-refractivity contribution in [1.29, 1.82) is 0 Å².